The maximum atomic E-state index is 13.0. The van der Waals surface area contributed by atoms with Gasteiger partial charge in [0.05, 0.1) is 6.61 Å². The Kier molecular flexibility index (Phi) is 2.19. The van der Waals surface area contributed by atoms with Crippen LogP contribution in [0.1, 0.15) is 18.1 Å². The summed E-state index contributed by atoms with van der Waals surface area (Å²) in [5.74, 6) is 0.389. The molecule has 0 aromatic heterocycles. The molecule has 0 bridgehead atoms. The van der Waals surface area contributed by atoms with Gasteiger partial charge >= 0.3 is 0 Å². The molecule has 0 atom stereocenters. The van der Waals surface area contributed by atoms with Crippen LogP contribution in [0.4, 0.5) is 4.39 Å². The fourth-order valence-electron chi connectivity index (χ4n) is 1.52. The Morgan fingerprint density at radius 1 is 1.46 bits per heavy atom. The lowest BCUT2D eigenvalue weighted by atomic mass is 10.0. The van der Waals surface area contributed by atoms with Crippen LogP contribution in [0.15, 0.2) is 12.1 Å². The molecule has 0 saturated carbocycles. The van der Waals surface area contributed by atoms with Crippen molar-refractivity contribution in [1.82, 2.24) is 0 Å². The Balaban J connectivity index is 2.50. The Labute approximate surface area is 76.3 Å². The topological polar surface area (TPSA) is 18.5 Å². The quantitative estimate of drug-likeness (QED) is 0.663. The molecule has 0 radical (unpaired) electrons. The molecule has 1 aromatic rings. The molecule has 13 heavy (non-hydrogen) atoms. The molecule has 2 nitrogen and oxygen atoms in total. The first-order valence-corrected chi connectivity index (χ1v) is 4.33. The SMILES string of the molecule is CCc1cc(F)cc2c1COCO2. The van der Waals surface area contributed by atoms with Crippen LogP contribution in [0, 0.1) is 5.82 Å². The Morgan fingerprint density at radius 3 is 3.08 bits per heavy atom. The van der Waals surface area contributed by atoms with Gasteiger partial charge in [-0.05, 0) is 18.1 Å². The van der Waals surface area contributed by atoms with Gasteiger partial charge in [-0.3, -0.25) is 0 Å². The average molecular weight is 182 g/mol. The summed E-state index contributed by atoms with van der Waals surface area (Å²) < 4.78 is 23.3. The van der Waals surface area contributed by atoms with Crippen LogP contribution in [-0.2, 0) is 17.8 Å². The maximum absolute atomic E-state index is 13.0. The van der Waals surface area contributed by atoms with Crippen molar-refractivity contribution in [2.24, 2.45) is 0 Å². The third kappa shape index (κ3) is 1.52. The van der Waals surface area contributed by atoms with E-state index in [1.807, 2.05) is 6.92 Å². The molecule has 1 aliphatic rings. The van der Waals surface area contributed by atoms with Crippen LogP contribution >= 0.6 is 0 Å². The van der Waals surface area contributed by atoms with Gasteiger partial charge in [0.2, 0.25) is 0 Å². The van der Waals surface area contributed by atoms with Gasteiger partial charge in [0.15, 0.2) is 6.79 Å². The van der Waals surface area contributed by atoms with E-state index in [0.29, 0.717) is 12.4 Å². The minimum Gasteiger partial charge on any atom is -0.467 e. The number of fused-ring (bicyclic) bond motifs is 1. The highest BCUT2D eigenvalue weighted by Gasteiger charge is 2.15. The molecule has 0 spiro atoms. The summed E-state index contributed by atoms with van der Waals surface area (Å²) in [6, 6.07) is 2.95. The fourth-order valence-corrected chi connectivity index (χ4v) is 1.52. The standard InChI is InChI=1S/C10H11FO2/c1-2-7-3-8(11)4-10-9(7)5-12-6-13-10/h3-4H,2,5-6H2,1H3. The Bertz CT molecular complexity index is 306. The lowest BCUT2D eigenvalue weighted by molar-refractivity contribution is -0.0170. The van der Waals surface area contributed by atoms with Crippen LogP contribution in [-0.4, -0.2) is 6.79 Å². The van der Waals surface area contributed by atoms with Crippen molar-refractivity contribution in [2.75, 3.05) is 6.79 Å². The van der Waals surface area contributed by atoms with Crippen molar-refractivity contribution >= 4 is 0 Å². The van der Waals surface area contributed by atoms with Crippen molar-refractivity contribution in [2.45, 2.75) is 20.0 Å². The summed E-state index contributed by atoms with van der Waals surface area (Å²) in [5, 5.41) is 0. The van der Waals surface area contributed by atoms with E-state index in [2.05, 4.69) is 0 Å². The third-order valence-electron chi connectivity index (χ3n) is 2.19. The molecule has 0 unspecified atom stereocenters. The van der Waals surface area contributed by atoms with Crippen LogP contribution in [0.5, 0.6) is 5.75 Å². The van der Waals surface area contributed by atoms with E-state index in [1.165, 1.54) is 12.1 Å². The number of hydrogen-bond donors (Lipinski definition) is 0. The normalized spacial score (nSPS) is 14.9. The molecule has 0 fully saturated rings. The fraction of sp³-hybridized carbons (Fsp3) is 0.400. The van der Waals surface area contributed by atoms with E-state index in [9.17, 15) is 4.39 Å². The predicted octanol–water partition coefficient (Wildman–Crippen LogP) is 2.25. The van der Waals surface area contributed by atoms with Crippen LogP contribution in [0.2, 0.25) is 0 Å². The first-order valence-electron chi connectivity index (χ1n) is 4.33. The number of benzene rings is 1. The molecule has 1 aliphatic heterocycles. The number of aryl methyl sites for hydroxylation is 1. The number of rotatable bonds is 1. The van der Waals surface area contributed by atoms with Gasteiger partial charge in [-0.25, -0.2) is 4.39 Å². The maximum Gasteiger partial charge on any atom is 0.189 e. The number of ether oxygens (including phenoxy) is 2. The molecule has 0 saturated heterocycles. The molecule has 1 heterocycles. The highest BCUT2D eigenvalue weighted by atomic mass is 19.1. The minimum absolute atomic E-state index is 0.222. The van der Waals surface area contributed by atoms with Crippen molar-refractivity contribution in [1.29, 1.82) is 0 Å². The van der Waals surface area contributed by atoms with Crippen molar-refractivity contribution in [3.8, 4) is 5.75 Å². The largest absolute Gasteiger partial charge is 0.467 e. The van der Waals surface area contributed by atoms with Crippen molar-refractivity contribution in [3.05, 3.63) is 29.1 Å². The van der Waals surface area contributed by atoms with Gasteiger partial charge < -0.3 is 9.47 Å². The lowest BCUT2D eigenvalue weighted by Gasteiger charge is -2.20. The zero-order chi connectivity index (χ0) is 9.26. The Morgan fingerprint density at radius 2 is 2.31 bits per heavy atom. The van der Waals surface area contributed by atoms with E-state index in [-0.39, 0.29) is 12.6 Å². The van der Waals surface area contributed by atoms with Gasteiger partial charge in [-0.15, -0.1) is 0 Å². The predicted molar refractivity (Wildman–Crippen MR) is 46.1 cm³/mol. The summed E-state index contributed by atoms with van der Waals surface area (Å²) in [6.45, 7) is 2.74. The molecule has 0 aliphatic carbocycles. The first-order chi connectivity index (χ1) is 6.31. The van der Waals surface area contributed by atoms with Crippen LogP contribution in [0.3, 0.4) is 0 Å². The van der Waals surface area contributed by atoms with Crippen LogP contribution in [0.25, 0.3) is 0 Å². The molecule has 2 rings (SSSR count). The van der Waals surface area contributed by atoms with Crippen LogP contribution < -0.4 is 4.74 Å². The summed E-state index contributed by atoms with van der Waals surface area (Å²) in [7, 11) is 0. The molecular formula is C10H11FO2. The minimum atomic E-state index is -0.238. The molecule has 70 valence electrons. The van der Waals surface area contributed by atoms with E-state index >= 15 is 0 Å². The first kappa shape index (κ1) is 8.51. The van der Waals surface area contributed by atoms with Gasteiger partial charge in [0.1, 0.15) is 11.6 Å². The Hall–Kier alpha value is -1.09. The van der Waals surface area contributed by atoms with Gasteiger partial charge in [-0.1, -0.05) is 6.92 Å². The highest BCUT2D eigenvalue weighted by Crippen LogP contribution is 2.28. The molecule has 1 aromatic carbocycles. The molecule has 0 N–H and O–H groups in total. The monoisotopic (exact) mass is 182 g/mol. The number of halogens is 1. The van der Waals surface area contributed by atoms with Crippen molar-refractivity contribution < 1.29 is 13.9 Å². The summed E-state index contributed by atoms with van der Waals surface area (Å²) in [6.07, 6.45) is 0.798. The second-order valence-electron chi connectivity index (χ2n) is 3.01. The molecule has 0 amide bonds. The van der Waals surface area contributed by atoms with E-state index in [4.69, 9.17) is 9.47 Å². The smallest absolute Gasteiger partial charge is 0.189 e. The second-order valence-corrected chi connectivity index (χ2v) is 3.01. The average Bonchev–Trinajstić information content (AvgIpc) is 2.16. The van der Waals surface area contributed by atoms with Crippen molar-refractivity contribution in [3.63, 3.8) is 0 Å². The van der Waals surface area contributed by atoms with Gasteiger partial charge in [0.25, 0.3) is 0 Å². The second kappa shape index (κ2) is 3.34. The van der Waals surface area contributed by atoms with Gasteiger partial charge in [-0.2, -0.15) is 0 Å². The zero-order valence-electron chi connectivity index (χ0n) is 7.47. The van der Waals surface area contributed by atoms with E-state index in [1.54, 1.807) is 0 Å². The molecule has 3 heteroatoms. The lowest BCUT2D eigenvalue weighted by Crippen LogP contribution is -2.13. The summed E-state index contributed by atoms with van der Waals surface area (Å²) in [4.78, 5) is 0. The molecular weight excluding hydrogens is 171 g/mol. The summed E-state index contributed by atoms with van der Waals surface area (Å²) in [5.41, 5.74) is 1.95. The summed E-state index contributed by atoms with van der Waals surface area (Å²) >= 11 is 0. The zero-order valence-corrected chi connectivity index (χ0v) is 7.47. The van der Waals surface area contributed by atoms with E-state index in [0.717, 1.165) is 17.5 Å². The third-order valence-corrected chi connectivity index (χ3v) is 2.19. The van der Waals surface area contributed by atoms with E-state index < -0.39 is 0 Å². The number of hydrogen-bond acceptors (Lipinski definition) is 2. The van der Waals surface area contributed by atoms with Gasteiger partial charge in [0, 0.05) is 11.6 Å². The highest BCUT2D eigenvalue weighted by molar-refractivity contribution is 5.41.